The maximum absolute atomic E-state index is 10.5. The lowest BCUT2D eigenvalue weighted by atomic mass is 9.83. The third kappa shape index (κ3) is 4.28. The summed E-state index contributed by atoms with van der Waals surface area (Å²) in [5.74, 6) is 0.101. The molecule has 224 valence electrons. The molecule has 0 fully saturated rings. The molecule has 0 bridgehead atoms. The van der Waals surface area contributed by atoms with Gasteiger partial charge in [0.1, 0.15) is 28.4 Å². The number of allylic oxidation sites excluding steroid dienone is 4. The van der Waals surface area contributed by atoms with E-state index in [0.29, 0.717) is 16.7 Å². The maximum atomic E-state index is 10.5. The number of nitriles is 2. The topological polar surface area (TPSA) is 73.9 Å². The summed E-state index contributed by atoms with van der Waals surface area (Å²) in [6, 6.07) is 43.5. The van der Waals surface area contributed by atoms with Crippen LogP contribution in [0.25, 0.3) is 77.3 Å². The van der Waals surface area contributed by atoms with Crippen LogP contribution in [-0.2, 0) is 0 Å². The third-order valence-electron chi connectivity index (χ3n) is 9.51. The predicted molar refractivity (Wildman–Crippen MR) is 192 cm³/mol. The first-order valence-electron chi connectivity index (χ1n) is 16.0. The fourth-order valence-electron chi connectivity index (χ4n) is 7.26. The van der Waals surface area contributed by atoms with E-state index >= 15 is 0 Å². The van der Waals surface area contributed by atoms with Crippen LogP contribution in [0.1, 0.15) is 29.0 Å². The van der Waals surface area contributed by atoms with Gasteiger partial charge in [-0.25, -0.2) is 0 Å². The molecule has 4 heteroatoms. The Balaban J connectivity index is 1.27. The van der Waals surface area contributed by atoms with Gasteiger partial charge >= 0.3 is 0 Å². The molecular weight excluding hydrogens is 588 g/mol. The number of rotatable bonds is 4. The highest BCUT2D eigenvalue weighted by Gasteiger charge is 2.22. The maximum Gasteiger partial charge on any atom is 0.143 e. The summed E-state index contributed by atoms with van der Waals surface area (Å²) >= 11 is 0. The van der Waals surface area contributed by atoms with Crippen LogP contribution in [0.3, 0.4) is 0 Å². The van der Waals surface area contributed by atoms with Crippen molar-refractivity contribution in [3.8, 4) is 45.5 Å². The molecule has 0 N–H and O–H groups in total. The molecule has 48 heavy (non-hydrogen) atoms. The van der Waals surface area contributed by atoms with Crippen molar-refractivity contribution in [3.05, 3.63) is 156 Å². The van der Waals surface area contributed by atoms with Crippen molar-refractivity contribution < 1.29 is 8.83 Å². The molecule has 0 spiro atoms. The first-order chi connectivity index (χ1) is 23.7. The Labute approximate surface area is 276 Å². The number of para-hydroxylation sites is 2. The lowest BCUT2D eigenvalue weighted by Gasteiger charge is -2.19. The monoisotopic (exact) mass is 614 g/mol. The molecule has 9 rings (SSSR count). The van der Waals surface area contributed by atoms with Crippen molar-refractivity contribution in [2.24, 2.45) is 0 Å². The molecule has 8 aromatic rings. The standard InChI is InChI=1S/C44H26N2O2/c45-25-30-14-7-19-41-42(30)38-22-29(20-21-40(38)47-41)32-15-8-17-34-35-18-9-16-33(44(35)48-43(32)34)31-23-36(27-10-3-1-4-11-27)39(26-46)37(24-31)28-12-5-2-6-13-28/h1-12,14-24,28H,13H2. The molecule has 1 aliphatic rings. The van der Waals surface area contributed by atoms with Gasteiger partial charge in [-0.05, 0) is 65.1 Å². The Kier molecular flexibility index (Phi) is 6.35. The summed E-state index contributed by atoms with van der Waals surface area (Å²) in [5.41, 5.74) is 11.2. The van der Waals surface area contributed by atoms with Crippen LogP contribution in [0, 0.1) is 22.7 Å². The molecule has 0 aliphatic heterocycles. The summed E-state index contributed by atoms with van der Waals surface area (Å²) in [6.45, 7) is 0. The number of benzene rings is 6. The van der Waals surface area contributed by atoms with E-state index in [4.69, 9.17) is 8.83 Å². The first kappa shape index (κ1) is 27.7. The number of furan rings is 2. The van der Waals surface area contributed by atoms with Crippen LogP contribution in [0.4, 0.5) is 0 Å². The van der Waals surface area contributed by atoms with Gasteiger partial charge in [-0.1, -0.05) is 103 Å². The van der Waals surface area contributed by atoms with Gasteiger partial charge in [-0.15, -0.1) is 0 Å². The number of hydrogen-bond donors (Lipinski definition) is 0. The average molecular weight is 615 g/mol. The second kappa shape index (κ2) is 11.0. The number of nitrogens with zero attached hydrogens (tertiary/aromatic N) is 2. The smallest absolute Gasteiger partial charge is 0.143 e. The van der Waals surface area contributed by atoms with Crippen molar-refractivity contribution >= 4 is 43.9 Å². The van der Waals surface area contributed by atoms with Crippen molar-refractivity contribution in [2.45, 2.75) is 12.3 Å². The minimum absolute atomic E-state index is 0.101. The van der Waals surface area contributed by atoms with E-state index in [-0.39, 0.29) is 5.92 Å². The average Bonchev–Trinajstić information content (AvgIpc) is 3.73. The zero-order chi connectivity index (χ0) is 32.2. The second-order valence-corrected chi connectivity index (χ2v) is 12.2. The zero-order valence-corrected chi connectivity index (χ0v) is 25.8. The summed E-state index contributed by atoms with van der Waals surface area (Å²) in [5, 5.41) is 24.1. The van der Waals surface area contributed by atoms with Crippen molar-refractivity contribution in [2.75, 3.05) is 0 Å². The van der Waals surface area contributed by atoms with Gasteiger partial charge in [0.15, 0.2) is 0 Å². The predicted octanol–water partition coefficient (Wildman–Crippen LogP) is 11.8. The van der Waals surface area contributed by atoms with Crippen LogP contribution < -0.4 is 0 Å². The largest absolute Gasteiger partial charge is 0.456 e. The van der Waals surface area contributed by atoms with E-state index in [1.807, 2.05) is 48.5 Å². The molecule has 0 saturated heterocycles. The molecular formula is C44H26N2O2. The van der Waals surface area contributed by atoms with Crippen LogP contribution >= 0.6 is 0 Å². The lowest BCUT2D eigenvalue weighted by Crippen LogP contribution is -2.02. The Morgan fingerprint density at radius 1 is 0.562 bits per heavy atom. The highest BCUT2D eigenvalue weighted by molar-refractivity contribution is 6.14. The Bertz CT molecular complexity index is 2730. The van der Waals surface area contributed by atoms with Crippen molar-refractivity contribution in [3.63, 3.8) is 0 Å². The van der Waals surface area contributed by atoms with E-state index in [0.717, 1.165) is 83.7 Å². The summed E-state index contributed by atoms with van der Waals surface area (Å²) in [7, 11) is 0. The van der Waals surface area contributed by atoms with Crippen LogP contribution in [0.2, 0.25) is 0 Å². The van der Waals surface area contributed by atoms with Crippen LogP contribution in [0.15, 0.2) is 148 Å². The quantitative estimate of drug-likeness (QED) is 0.198. The molecule has 0 amide bonds. The van der Waals surface area contributed by atoms with Gasteiger partial charge in [0.2, 0.25) is 0 Å². The summed E-state index contributed by atoms with van der Waals surface area (Å²) < 4.78 is 13.0. The fourth-order valence-corrected chi connectivity index (χ4v) is 7.26. The molecule has 1 atom stereocenters. The molecule has 1 unspecified atom stereocenters. The second-order valence-electron chi connectivity index (χ2n) is 12.2. The first-order valence-corrected chi connectivity index (χ1v) is 16.0. The molecule has 4 nitrogen and oxygen atoms in total. The van der Waals surface area contributed by atoms with Crippen molar-refractivity contribution in [1.82, 2.24) is 0 Å². The van der Waals surface area contributed by atoms with Crippen LogP contribution in [-0.4, -0.2) is 0 Å². The third-order valence-corrected chi connectivity index (χ3v) is 9.51. The fraction of sp³-hybridized carbons (Fsp3) is 0.0455. The Morgan fingerprint density at radius 2 is 1.33 bits per heavy atom. The normalized spacial score (nSPS) is 14.2. The summed E-state index contributed by atoms with van der Waals surface area (Å²) in [4.78, 5) is 0. The molecule has 6 aromatic carbocycles. The Hall–Kier alpha value is -6.62. The summed E-state index contributed by atoms with van der Waals surface area (Å²) in [6.07, 6.45) is 9.31. The minimum Gasteiger partial charge on any atom is -0.456 e. The van der Waals surface area contributed by atoms with E-state index < -0.39 is 0 Å². The highest BCUT2D eigenvalue weighted by atomic mass is 16.3. The van der Waals surface area contributed by atoms with E-state index in [1.165, 1.54) is 0 Å². The minimum atomic E-state index is 0.101. The van der Waals surface area contributed by atoms with Gasteiger partial charge in [-0.2, -0.15) is 10.5 Å². The molecule has 2 heterocycles. The SMILES string of the molecule is N#Cc1c(-c2ccccc2)cc(-c2cccc3c2oc2c(-c4ccc5oc6cccc(C#N)c6c5c4)cccc23)cc1C1C=CC=CC1. The molecule has 0 saturated carbocycles. The lowest BCUT2D eigenvalue weighted by molar-refractivity contribution is 0.668. The van der Waals surface area contributed by atoms with Gasteiger partial charge in [0.05, 0.1) is 17.2 Å². The van der Waals surface area contributed by atoms with E-state index in [2.05, 4.69) is 103 Å². The molecule has 1 aliphatic carbocycles. The Morgan fingerprint density at radius 3 is 2.06 bits per heavy atom. The van der Waals surface area contributed by atoms with Gasteiger partial charge in [-0.3, -0.25) is 0 Å². The molecule has 0 radical (unpaired) electrons. The van der Waals surface area contributed by atoms with Gasteiger partial charge < -0.3 is 8.83 Å². The zero-order valence-electron chi connectivity index (χ0n) is 25.8. The number of hydrogen-bond acceptors (Lipinski definition) is 4. The molecule has 2 aromatic heterocycles. The van der Waals surface area contributed by atoms with Gasteiger partial charge in [0.25, 0.3) is 0 Å². The highest BCUT2D eigenvalue weighted by Crippen LogP contribution is 2.44. The van der Waals surface area contributed by atoms with Crippen LogP contribution in [0.5, 0.6) is 0 Å². The van der Waals surface area contributed by atoms with E-state index in [1.54, 1.807) is 0 Å². The van der Waals surface area contributed by atoms with E-state index in [9.17, 15) is 10.5 Å². The van der Waals surface area contributed by atoms with Gasteiger partial charge in [0, 0.05) is 44.2 Å². The van der Waals surface area contributed by atoms with Crippen molar-refractivity contribution in [1.29, 1.82) is 10.5 Å². The number of fused-ring (bicyclic) bond motifs is 6.